The van der Waals surface area contributed by atoms with Crippen LogP contribution >= 0.6 is 0 Å². The van der Waals surface area contributed by atoms with E-state index in [0.29, 0.717) is 25.9 Å². The van der Waals surface area contributed by atoms with E-state index in [0.717, 1.165) is 13.1 Å². The van der Waals surface area contributed by atoms with E-state index in [-0.39, 0.29) is 0 Å². The molecule has 1 aromatic rings. The standard InChI is InChI=1S/C12H23N3O2/c1-11(2)14-9-12-8-13-10-15(12)4-5-17-7-6-16-3/h8,10-11,14H,4-7,9H2,1-3H3. The van der Waals surface area contributed by atoms with Crippen LogP contribution in [0.4, 0.5) is 0 Å². The first-order chi connectivity index (χ1) is 8.24. The Kier molecular flexibility index (Phi) is 6.84. The molecule has 0 radical (unpaired) electrons. The number of rotatable bonds is 9. The molecule has 0 aliphatic carbocycles. The summed E-state index contributed by atoms with van der Waals surface area (Å²) >= 11 is 0. The van der Waals surface area contributed by atoms with E-state index in [1.165, 1.54) is 5.69 Å². The molecular weight excluding hydrogens is 218 g/mol. The minimum atomic E-state index is 0.483. The van der Waals surface area contributed by atoms with Crippen LogP contribution in [0, 0.1) is 0 Å². The van der Waals surface area contributed by atoms with Gasteiger partial charge in [-0.25, -0.2) is 4.98 Å². The predicted octanol–water partition coefficient (Wildman–Crippen LogP) is 1.04. The molecule has 0 aliphatic heterocycles. The molecule has 5 nitrogen and oxygen atoms in total. The number of imidazole rings is 1. The van der Waals surface area contributed by atoms with Gasteiger partial charge in [0.2, 0.25) is 0 Å². The minimum absolute atomic E-state index is 0.483. The second kappa shape index (κ2) is 8.22. The lowest BCUT2D eigenvalue weighted by atomic mass is 10.3. The fourth-order valence-electron chi connectivity index (χ4n) is 1.41. The molecular formula is C12H23N3O2. The van der Waals surface area contributed by atoms with Crippen LogP contribution in [0.15, 0.2) is 12.5 Å². The van der Waals surface area contributed by atoms with Crippen molar-refractivity contribution < 1.29 is 9.47 Å². The van der Waals surface area contributed by atoms with E-state index in [1.54, 1.807) is 7.11 Å². The second-order valence-electron chi connectivity index (χ2n) is 4.22. The third kappa shape index (κ3) is 5.81. The van der Waals surface area contributed by atoms with Crippen molar-refractivity contribution in [2.75, 3.05) is 26.9 Å². The summed E-state index contributed by atoms with van der Waals surface area (Å²) in [6.07, 6.45) is 3.74. The van der Waals surface area contributed by atoms with Crippen molar-refractivity contribution >= 4 is 0 Å². The molecule has 0 atom stereocenters. The first kappa shape index (κ1) is 14.2. The van der Waals surface area contributed by atoms with Crippen LogP contribution in [0.1, 0.15) is 19.5 Å². The van der Waals surface area contributed by atoms with Gasteiger partial charge in [0.1, 0.15) is 0 Å². The van der Waals surface area contributed by atoms with Crippen LogP contribution in [0.25, 0.3) is 0 Å². The summed E-state index contributed by atoms with van der Waals surface area (Å²) in [6.45, 7) is 7.92. The van der Waals surface area contributed by atoms with E-state index in [2.05, 4.69) is 28.7 Å². The van der Waals surface area contributed by atoms with Crippen molar-refractivity contribution in [3.05, 3.63) is 18.2 Å². The van der Waals surface area contributed by atoms with Gasteiger partial charge in [0.05, 0.1) is 31.8 Å². The summed E-state index contributed by atoms with van der Waals surface area (Å²) in [5, 5.41) is 3.38. The topological polar surface area (TPSA) is 48.3 Å². The third-order valence-electron chi connectivity index (χ3n) is 2.40. The van der Waals surface area contributed by atoms with Gasteiger partial charge in [0.15, 0.2) is 0 Å². The smallest absolute Gasteiger partial charge is 0.0949 e. The number of hydrogen-bond donors (Lipinski definition) is 1. The molecule has 0 bridgehead atoms. The van der Waals surface area contributed by atoms with E-state index in [1.807, 2.05) is 12.5 Å². The van der Waals surface area contributed by atoms with Gasteiger partial charge in [-0.15, -0.1) is 0 Å². The summed E-state index contributed by atoms with van der Waals surface area (Å²) < 4.78 is 12.5. The van der Waals surface area contributed by atoms with E-state index < -0.39 is 0 Å². The summed E-state index contributed by atoms with van der Waals surface area (Å²) in [5.41, 5.74) is 1.19. The van der Waals surface area contributed by atoms with Crippen LogP contribution in [0.5, 0.6) is 0 Å². The Hall–Kier alpha value is -0.910. The van der Waals surface area contributed by atoms with Gasteiger partial charge in [-0.1, -0.05) is 13.8 Å². The van der Waals surface area contributed by atoms with Gasteiger partial charge in [0.25, 0.3) is 0 Å². The highest BCUT2D eigenvalue weighted by Crippen LogP contribution is 1.99. The SMILES string of the molecule is COCCOCCn1cncc1CNC(C)C. The minimum Gasteiger partial charge on any atom is -0.382 e. The number of ether oxygens (including phenoxy) is 2. The highest BCUT2D eigenvalue weighted by atomic mass is 16.5. The molecule has 1 rings (SSSR count). The monoisotopic (exact) mass is 241 g/mol. The lowest BCUT2D eigenvalue weighted by Gasteiger charge is -2.11. The molecule has 0 fully saturated rings. The molecule has 1 aromatic heterocycles. The fourth-order valence-corrected chi connectivity index (χ4v) is 1.41. The summed E-state index contributed by atoms with van der Waals surface area (Å²) in [7, 11) is 1.68. The number of nitrogens with one attached hydrogen (secondary N) is 1. The Balaban J connectivity index is 2.25. The lowest BCUT2D eigenvalue weighted by Crippen LogP contribution is -2.23. The Morgan fingerprint density at radius 3 is 2.88 bits per heavy atom. The van der Waals surface area contributed by atoms with E-state index >= 15 is 0 Å². The Morgan fingerprint density at radius 2 is 2.18 bits per heavy atom. The summed E-state index contributed by atoms with van der Waals surface area (Å²) in [6, 6.07) is 0.483. The first-order valence-electron chi connectivity index (χ1n) is 6.03. The Morgan fingerprint density at radius 1 is 1.35 bits per heavy atom. The van der Waals surface area contributed by atoms with Crippen molar-refractivity contribution in [1.29, 1.82) is 0 Å². The maximum atomic E-state index is 5.43. The molecule has 98 valence electrons. The highest BCUT2D eigenvalue weighted by molar-refractivity contribution is 4.98. The van der Waals surface area contributed by atoms with Crippen LogP contribution in [0.2, 0.25) is 0 Å². The Bertz CT molecular complexity index is 300. The molecule has 0 spiro atoms. The van der Waals surface area contributed by atoms with Gasteiger partial charge in [-0.2, -0.15) is 0 Å². The number of methoxy groups -OCH3 is 1. The molecule has 5 heteroatoms. The zero-order valence-electron chi connectivity index (χ0n) is 11.0. The van der Waals surface area contributed by atoms with Crippen molar-refractivity contribution in [2.45, 2.75) is 33.0 Å². The highest BCUT2D eigenvalue weighted by Gasteiger charge is 2.02. The zero-order valence-corrected chi connectivity index (χ0v) is 11.0. The molecule has 0 aliphatic rings. The number of nitrogens with zero attached hydrogens (tertiary/aromatic N) is 2. The zero-order chi connectivity index (χ0) is 12.5. The predicted molar refractivity (Wildman–Crippen MR) is 66.9 cm³/mol. The van der Waals surface area contributed by atoms with Crippen molar-refractivity contribution in [1.82, 2.24) is 14.9 Å². The molecule has 0 saturated heterocycles. The Labute approximate surface area is 103 Å². The largest absolute Gasteiger partial charge is 0.382 e. The number of hydrogen-bond acceptors (Lipinski definition) is 4. The fraction of sp³-hybridized carbons (Fsp3) is 0.750. The van der Waals surface area contributed by atoms with Gasteiger partial charge < -0.3 is 19.4 Å². The van der Waals surface area contributed by atoms with Gasteiger partial charge >= 0.3 is 0 Å². The van der Waals surface area contributed by atoms with Crippen molar-refractivity contribution in [3.8, 4) is 0 Å². The van der Waals surface area contributed by atoms with Gasteiger partial charge in [-0.3, -0.25) is 0 Å². The van der Waals surface area contributed by atoms with Crippen LogP contribution in [-0.4, -0.2) is 42.5 Å². The molecule has 0 unspecified atom stereocenters. The van der Waals surface area contributed by atoms with E-state index in [9.17, 15) is 0 Å². The molecule has 17 heavy (non-hydrogen) atoms. The molecule has 1 heterocycles. The van der Waals surface area contributed by atoms with Gasteiger partial charge in [0, 0.05) is 32.4 Å². The van der Waals surface area contributed by atoms with Crippen molar-refractivity contribution in [2.24, 2.45) is 0 Å². The third-order valence-corrected chi connectivity index (χ3v) is 2.40. The summed E-state index contributed by atoms with van der Waals surface area (Å²) in [4.78, 5) is 4.16. The lowest BCUT2D eigenvalue weighted by molar-refractivity contribution is 0.0663. The molecule has 0 amide bonds. The maximum Gasteiger partial charge on any atom is 0.0949 e. The van der Waals surface area contributed by atoms with E-state index in [4.69, 9.17) is 9.47 Å². The average Bonchev–Trinajstić information content (AvgIpc) is 2.73. The van der Waals surface area contributed by atoms with Gasteiger partial charge in [-0.05, 0) is 0 Å². The second-order valence-corrected chi connectivity index (χ2v) is 4.22. The quantitative estimate of drug-likeness (QED) is 0.656. The molecule has 0 saturated carbocycles. The normalized spacial score (nSPS) is 11.3. The first-order valence-corrected chi connectivity index (χ1v) is 6.03. The average molecular weight is 241 g/mol. The van der Waals surface area contributed by atoms with Crippen LogP contribution in [-0.2, 0) is 22.6 Å². The molecule has 0 aromatic carbocycles. The van der Waals surface area contributed by atoms with Crippen molar-refractivity contribution in [3.63, 3.8) is 0 Å². The molecule has 1 N–H and O–H groups in total. The van der Waals surface area contributed by atoms with Crippen LogP contribution < -0.4 is 5.32 Å². The van der Waals surface area contributed by atoms with Crippen LogP contribution in [0.3, 0.4) is 0 Å². The summed E-state index contributed by atoms with van der Waals surface area (Å²) in [5.74, 6) is 0. The maximum absolute atomic E-state index is 5.43. The number of aromatic nitrogens is 2.